The number of amides is 1. The maximum Gasteiger partial charge on any atom is 0.341 e. The second-order valence-electron chi connectivity index (χ2n) is 6.33. The van der Waals surface area contributed by atoms with Gasteiger partial charge in [0.2, 0.25) is 0 Å². The predicted octanol–water partition coefficient (Wildman–Crippen LogP) is 5.15. The molecule has 2 rings (SSSR count). The Labute approximate surface area is 152 Å². The minimum Gasteiger partial charge on any atom is -0.625 e. The zero-order valence-electron chi connectivity index (χ0n) is 15.2. The summed E-state index contributed by atoms with van der Waals surface area (Å²) in [5.74, 6) is 0. The molecular formula is C21H28NO2P. The van der Waals surface area contributed by atoms with Crippen LogP contribution in [0.5, 0.6) is 0 Å². The summed E-state index contributed by atoms with van der Waals surface area (Å²) in [6.07, 6.45) is 3.42. The summed E-state index contributed by atoms with van der Waals surface area (Å²) in [6.45, 7) is 4.89. The lowest BCUT2D eigenvalue weighted by Crippen LogP contribution is -2.49. The number of unbranched alkanes of at least 4 members (excludes halogenated alkanes) is 2. The average molecular weight is 357 g/mol. The molecule has 25 heavy (non-hydrogen) atoms. The third-order valence-electron chi connectivity index (χ3n) is 4.31. The highest BCUT2D eigenvalue weighted by Gasteiger charge is 2.36. The van der Waals surface area contributed by atoms with E-state index in [-0.39, 0.29) is 5.65 Å². The normalized spacial score (nSPS) is 11.7. The van der Waals surface area contributed by atoms with Crippen LogP contribution in [0.1, 0.15) is 39.5 Å². The van der Waals surface area contributed by atoms with Crippen molar-refractivity contribution in [3.8, 4) is 0 Å². The monoisotopic (exact) mass is 357 g/mol. The van der Waals surface area contributed by atoms with Crippen LogP contribution in [0.3, 0.4) is 0 Å². The molecule has 0 aromatic heterocycles. The number of carbonyl (C=O) groups is 1. The molecule has 2 aromatic carbocycles. The van der Waals surface area contributed by atoms with Crippen molar-refractivity contribution >= 4 is 24.2 Å². The second kappa shape index (κ2) is 9.82. The summed E-state index contributed by atoms with van der Waals surface area (Å²) in [5.41, 5.74) is -0.172. The molecule has 0 aliphatic rings. The highest BCUT2D eigenvalue weighted by molar-refractivity contribution is 7.87. The first-order valence-electron chi connectivity index (χ1n) is 9.15. The summed E-state index contributed by atoms with van der Waals surface area (Å²) in [5, 5.41) is 15.4. The van der Waals surface area contributed by atoms with Crippen molar-refractivity contribution in [2.24, 2.45) is 0 Å². The van der Waals surface area contributed by atoms with E-state index >= 15 is 0 Å². The maximum absolute atomic E-state index is 13.5. The zero-order valence-corrected chi connectivity index (χ0v) is 16.1. The quantitative estimate of drug-likeness (QED) is 0.353. The molecule has 0 bridgehead atoms. The number of hydrogen-bond donors (Lipinski definition) is 0. The molecule has 4 heteroatoms. The van der Waals surface area contributed by atoms with Gasteiger partial charge in [0, 0.05) is 0 Å². The van der Waals surface area contributed by atoms with Crippen molar-refractivity contribution in [1.82, 2.24) is 0 Å². The van der Waals surface area contributed by atoms with Crippen LogP contribution in [0.2, 0.25) is 0 Å². The Morgan fingerprint density at radius 3 is 1.60 bits per heavy atom. The van der Waals surface area contributed by atoms with E-state index < -0.39 is 12.6 Å². The molecule has 0 saturated heterocycles. The van der Waals surface area contributed by atoms with Crippen molar-refractivity contribution in [2.75, 3.05) is 13.1 Å². The lowest BCUT2D eigenvalue weighted by Gasteiger charge is -2.42. The largest absolute Gasteiger partial charge is 0.625 e. The van der Waals surface area contributed by atoms with E-state index in [1.54, 1.807) is 0 Å². The topological polar surface area (TPSA) is 40.1 Å². The lowest BCUT2D eigenvalue weighted by molar-refractivity contribution is -0.793. The summed E-state index contributed by atoms with van der Waals surface area (Å²) in [4.78, 5) is 13.5. The molecule has 3 nitrogen and oxygen atoms in total. The number of benzene rings is 2. The van der Waals surface area contributed by atoms with Crippen molar-refractivity contribution < 1.29 is 9.44 Å². The van der Waals surface area contributed by atoms with Gasteiger partial charge in [-0.15, -0.1) is 0 Å². The summed E-state index contributed by atoms with van der Waals surface area (Å²) in [7, 11) is -1.31. The number of nitrogens with zero attached hydrogens (tertiary/aromatic N) is 1. The molecule has 0 fully saturated rings. The Morgan fingerprint density at radius 2 is 1.24 bits per heavy atom. The van der Waals surface area contributed by atoms with E-state index in [2.05, 4.69) is 13.8 Å². The first kappa shape index (κ1) is 19.8. The van der Waals surface area contributed by atoms with Crippen molar-refractivity contribution in [3.63, 3.8) is 0 Å². The Bertz CT molecular complexity index is 598. The zero-order chi connectivity index (χ0) is 18.1. The third kappa shape index (κ3) is 5.22. The van der Waals surface area contributed by atoms with Gasteiger partial charge in [0.15, 0.2) is 0 Å². The fourth-order valence-electron chi connectivity index (χ4n) is 2.84. The highest BCUT2D eigenvalue weighted by atomic mass is 31.1. The van der Waals surface area contributed by atoms with E-state index in [1.807, 2.05) is 60.7 Å². The summed E-state index contributed by atoms with van der Waals surface area (Å²) >= 11 is 0. The Balaban J connectivity index is 2.42. The van der Waals surface area contributed by atoms with Crippen molar-refractivity contribution in [3.05, 3.63) is 65.9 Å². The van der Waals surface area contributed by atoms with Crippen molar-refractivity contribution in [2.45, 2.75) is 39.5 Å². The van der Waals surface area contributed by atoms with E-state index in [0.29, 0.717) is 13.1 Å². The number of rotatable bonds is 9. The standard InChI is InChI=1S/C21H28NO2P/c1-3-5-17-22(24,18-6-4-2)21(23)25(19-13-9-7-10-14-19)20-15-11-8-12-16-20/h7-16H,3-6,17-18H2,1-2H3. The van der Waals surface area contributed by atoms with E-state index in [0.717, 1.165) is 36.3 Å². The van der Waals surface area contributed by atoms with Crippen LogP contribution >= 0.6 is 7.92 Å². The number of carbonyl (C=O) groups excluding carboxylic acids is 1. The minimum atomic E-state index is -1.31. The molecule has 0 aliphatic carbocycles. The van der Waals surface area contributed by atoms with Gasteiger partial charge in [-0.3, -0.25) is 4.65 Å². The van der Waals surface area contributed by atoms with E-state index in [4.69, 9.17) is 0 Å². The Kier molecular flexibility index (Phi) is 7.77. The molecule has 0 saturated carbocycles. The van der Waals surface area contributed by atoms with Crippen LogP contribution in [0, 0.1) is 5.21 Å². The van der Waals surface area contributed by atoms with Gasteiger partial charge < -0.3 is 5.21 Å². The van der Waals surface area contributed by atoms with E-state index in [9.17, 15) is 10.0 Å². The predicted molar refractivity (Wildman–Crippen MR) is 108 cm³/mol. The smallest absolute Gasteiger partial charge is 0.341 e. The fourth-order valence-corrected chi connectivity index (χ4v) is 5.08. The SMILES string of the molecule is CCCC[N+]([O-])(CCCC)C(=O)P(c1ccccc1)c1ccccc1. The molecule has 0 radical (unpaired) electrons. The molecule has 1 amide bonds. The molecule has 0 aliphatic heterocycles. The number of hydroxylamine groups is 3. The third-order valence-corrected chi connectivity index (χ3v) is 6.69. The van der Waals surface area contributed by atoms with Gasteiger partial charge in [-0.25, -0.2) is 4.79 Å². The van der Waals surface area contributed by atoms with Crippen LogP contribution in [0.25, 0.3) is 0 Å². The molecule has 0 spiro atoms. The number of quaternary nitrogens is 1. The Morgan fingerprint density at radius 1 is 0.840 bits per heavy atom. The summed E-state index contributed by atoms with van der Waals surface area (Å²) < 4.78 is -0.697. The van der Waals surface area contributed by atoms with Gasteiger partial charge in [0.05, 0.1) is 21.0 Å². The maximum atomic E-state index is 13.5. The molecule has 0 N–H and O–H groups in total. The van der Waals surface area contributed by atoms with Crippen LogP contribution in [-0.2, 0) is 0 Å². The van der Waals surface area contributed by atoms with Gasteiger partial charge >= 0.3 is 5.65 Å². The molecule has 0 atom stereocenters. The van der Waals surface area contributed by atoms with Crippen LogP contribution in [-0.4, -0.2) is 23.4 Å². The molecule has 0 heterocycles. The minimum absolute atomic E-state index is 0.172. The fraction of sp³-hybridized carbons (Fsp3) is 0.381. The van der Waals surface area contributed by atoms with Gasteiger partial charge in [-0.1, -0.05) is 87.4 Å². The second-order valence-corrected chi connectivity index (χ2v) is 8.42. The van der Waals surface area contributed by atoms with Gasteiger partial charge in [-0.2, -0.15) is 0 Å². The van der Waals surface area contributed by atoms with Gasteiger partial charge in [0.25, 0.3) is 0 Å². The summed E-state index contributed by atoms with van der Waals surface area (Å²) in [6, 6.07) is 19.6. The molecule has 0 unspecified atom stereocenters. The van der Waals surface area contributed by atoms with Crippen LogP contribution in [0.4, 0.5) is 4.79 Å². The molecule has 2 aromatic rings. The van der Waals surface area contributed by atoms with Crippen LogP contribution < -0.4 is 10.6 Å². The van der Waals surface area contributed by atoms with Gasteiger partial charge in [-0.05, 0) is 23.5 Å². The van der Waals surface area contributed by atoms with Crippen LogP contribution in [0.15, 0.2) is 60.7 Å². The molecular weight excluding hydrogens is 329 g/mol. The lowest BCUT2D eigenvalue weighted by atomic mass is 10.3. The average Bonchev–Trinajstić information content (AvgIpc) is 2.66. The highest BCUT2D eigenvalue weighted by Crippen LogP contribution is 2.40. The van der Waals surface area contributed by atoms with Crippen molar-refractivity contribution in [1.29, 1.82) is 0 Å². The first-order chi connectivity index (χ1) is 12.1. The van der Waals surface area contributed by atoms with Gasteiger partial charge in [0.1, 0.15) is 0 Å². The number of hydrogen-bond acceptors (Lipinski definition) is 2. The molecule has 134 valence electrons. The Hall–Kier alpha value is -1.54. The first-order valence-corrected chi connectivity index (χ1v) is 10.5. The van der Waals surface area contributed by atoms with E-state index in [1.165, 1.54) is 0 Å².